The van der Waals surface area contributed by atoms with Crippen molar-refractivity contribution in [3.63, 3.8) is 0 Å². The Morgan fingerprint density at radius 3 is 2.71 bits per heavy atom. The summed E-state index contributed by atoms with van der Waals surface area (Å²) in [5.74, 6) is -0.124. The van der Waals surface area contributed by atoms with E-state index in [1.54, 1.807) is 26.9 Å². The van der Waals surface area contributed by atoms with Crippen LogP contribution in [0.4, 0.5) is 5.69 Å². The molecule has 2 aliphatic heterocycles. The lowest BCUT2D eigenvalue weighted by Gasteiger charge is -2.24. The molecule has 2 fully saturated rings. The third-order valence-electron chi connectivity index (χ3n) is 4.72. The number of aromatic nitrogens is 4. The number of hydrogen-bond acceptors (Lipinski definition) is 5. The number of hydrogen-bond donors (Lipinski definition) is 0. The van der Waals surface area contributed by atoms with Crippen LogP contribution in [0.2, 0.25) is 0 Å². The standard InChI is InChI=1S/C16H18N6O2/c1-10-6-18-12(8-17-10)16(24)21-4-3-13-14(21)5-15(23)22(13)11-7-19-20(2)9-11/h6-9,13-14H,3-5H2,1-2H3/t13-,14+/m0/s1. The second-order valence-corrected chi connectivity index (χ2v) is 6.31. The minimum absolute atomic E-state index is 0.00376. The topological polar surface area (TPSA) is 84.2 Å². The van der Waals surface area contributed by atoms with Gasteiger partial charge in [-0.15, -0.1) is 0 Å². The van der Waals surface area contributed by atoms with E-state index in [4.69, 9.17) is 0 Å². The van der Waals surface area contributed by atoms with Gasteiger partial charge in [0.25, 0.3) is 5.91 Å². The molecule has 0 bridgehead atoms. The summed E-state index contributed by atoms with van der Waals surface area (Å²) in [6.45, 7) is 2.45. The molecule has 0 saturated carbocycles. The molecular weight excluding hydrogens is 308 g/mol. The number of amides is 2. The van der Waals surface area contributed by atoms with Gasteiger partial charge in [-0.2, -0.15) is 5.10 Å². The second-order valence-electron chi connectivity index (χ2n) is 6.31. The molecule has 4 rings (SSSR count). The first-order chi connectivity index (χ1) is 11.5. The monoisotopic (exact) mass is 326 g/mol. The lowest BCUT2D eigenvalue weighted by Crippen LogP contribution is -2.40. The van der Waals surface area contributed by atoms with Gasteiger partial charge < -0.3 is 9.80 Å². The Bertz CT molecular complexity index is 799. The van der Waals surface area contributed by atoms with Gasteiger partial charge in [-0.25, -0.2) is 4.98 Å². The number of rotatable bonds is 2. The highest BCUT2D eigenvalue weighted by molar-refractivity contribution is 5.99. The van der Waals surface area contributed by atoms with Crippen LogP contribution in [0.25, 0.3) is 0 Å². The summed E-state index contributed by atoms with van der Waals surface area (Å²) in [5, 5.41) is 4.14. The van der Waals surface area contributed by atoms with E-state index in [1.807, 2.05) is 20.2 Å². The van der Waals surface area contributed by atoms with Crippen molar-refractivity contribution in [3.05, 3.63) is 36.2 Å². The van der Waals surface area contributed by atoms with Gasteiger partial charge in [-0.1, -0.05) is 0 Å². The summed E-state index contributed by atoms with van der Waals surface area (Å²) >= 11 is 0. The molecule has 0 aliphatic carbocycles. The third-order valence-corrected chi connectivity index (χ3v) is 4.72. The molecule has 2 atom stereocenters. The van der Waals surface area contributed by atoms with E-state index in [0.29, 0.717) is 18.7 Å². The fourth-order valence-corrected chi connectivity index (χ4v) is 3.62. The normalized spacial score (nSPS) is 23.0. The average molecular weight is 326 g/mol. The molecule has 124 valence electrons. The number of aryl methyl sites for hydroxylation is 2. The van der Waals surface area contributed by atoms with Crippen molar-refractivity contribution in [2.75, 3.05) is 11.4 Å². The van der Waals surface area contributed by atoms with Crippen LogP contribution in [0.15, 0.2) is 24.8 Å². The molecule has 8 heteroatoms. The van der Waals surface area contributed by atoms with E-state index < -0.39 is 0 Å². The van der Waals surface area contributed by atoms with Gasteiger partial charge >= 0.3 is 0 Å². The number of anilines is 1. The van der Waals surface area contributed by atoms with Crippen molar-refractivity contribution >= 4 is 17.5 Å². The Morgan fingerprint density at radius 1 is 1.21 bits per heavy atom. The molecule has 2 aromatic heterocycles. The lowest BCUT2D eigenvalue weighted by molar-refractivity contribution is -0.117. The molecule has 8 nitrogen and oxygen atoms in total. The van der Waals surface area contributed by atoms with Crippen LogP contribution in [-0.2, 0) is 11.8 Å². The summed E-state index contributed by atoms with van der Waals surface area (Å²) in [4.78, 5) is 37.1. The van der Waals surface area contributed by atoms with Gasteiger partial charge in [0.05, 0.1) is 35.9 Å². The summed E-state index contributed by atoms with van der Waals surface area (Å²) in [7, 11) is 1.82. The predicted octanol–water partition coefficient (Wildman–Crippen LogP) is 0.539. The van der Waals surface area contributed by atoms with Gasteiger partial charge in [-0.3, -0.25) is 19.3 Å². The molecular formula is C16H18N6O2. The van der Waals surface area contributed by atoms with Crippen LogP contribution in [0.5, 0.6) is 0 Å². The molecule has 0 aromatic carbocycles. The zero-order valence-corrected chi connectivity index (χ0v) is 13.6. The first kappa shape index (κ1) is 14.8. The molecule has 0 N–H and O–H groups in total. The van der Waals surface area contributed by atoms with Gasteiger partial charge in [0, 0.05) is 32.4 Å². The molecule has 2 amide bonds. The third kappa shape index (κ3) is 2.26. The number of fused-ring (bicyclic) bond motifs is 1. The Hall–Kier alpha value is -2.77. The maximum atomic E-state index is 12.7. The number of carbonyl (C=O) groups excluding carboxylic acids is 2. The van der Waals surface area contributed by atoms with Crippen LogP contribution in [-0.4, -0.2) is 55.1 Å². The summed E-state index contributed by atoms with van der Waals surface area (Å²) in [5.41, 5.74) is 1.89. The van der Waals surface area contributed by atoms with Gasteiger partial charge in [0.15, 0.2) is 0 Å². The number of nitrogens with zero attached hydrogens (tertiary/aromatic N) is 6. The molecule has 0 spiro atoms. The van der Waals surface area contributed by atoms with Crippen LogP contribution in [0.3, 0.4) is 0 Å². The fourth-order valence-electron chi connectivity index (χ4n) is 3.62. The second kappa shape index (κ2) is 5.40. The molecule has 4 heterocycles. The molecule has 24 heavy (non-hydrogen) atoms. The predicted molar refractivity (Wildman–Crippen MR) is 85.3 cm³/mol. The molecule has 2 aliphatic rings. The van der Waals surface area contributed by atoms with Crippen LogP contribution < -0.4 is 4.90 Å². The lowest BCUT2D eigenvalue weighted by atomic mass is 10.1. The van der Waals surface area contributed by atoms with E-state index in [1.165, 1.54) is 6.20 Å². The van der Waals surface area contributed by atoms with E-state index >= 15 is 0 Å². The zero-order chi connectivity index (χ0) is 16.8. The van der Waals surface area contributed by atoms with Crippen molar-refractivity contribution < 1.29 is 9.59 Å². The van der Waals surface area contributed by atoms with E-state index in [9.17, 15) is 9.59 Å². The molecule has 2 saturated heterocycles. The Kier molecular flexibility index (Phi) is 3.33. The summed E-state index contributed by atoms with van der Waals surface area (Å²) < 4.78 is 1.68. The first-order valence-corrected chi connectivity index (χ1v) is 7.95. The average Bonchev–Trinajstić information content (AvgIpc) is 3.22. The minimum Gasteiger partial charge on any atom is -0.332 e. The van der Waals surface area contributed by atoms with Crippen molar-refractivity contribution in [2.45, 2.75) is 31.8 Å². The van der Waals surface area contributed by atoms with Crippen molar-refractivity contribution in [3.8, 4) is 0 Å². The Labute approximate surface area is 139 Å². The van der Waals surface area contributed by atoms with E-state index in [0.717, 1.165) is 17.8 Å². The van der Waals surface area contributed by atoms with Gasteiger partial charge in [0.1, 0.15) is 5.69 Å². The molecule has 0 unspecified atom stereocenters. The SMILES string of the molecule is Cc1cnc(C(=O)N2CC[C@H]3[C@H]2CC(=O)N3c2cnn(C)c2)cn1. The highest BCUT2D eigenvalue weighted by Crippen LogP contribution is 2.36. The largest absolute Gasteiger partial charge is 0.332 e. The Balaban J connectivity index is 1.58. The van der Waals surface area contributed by atoms with Crippen molar-refractivity contribution in [1.29, 1.82) is 0 Å². The van der Waals surface area contributed by atoms with Crippen LogP contribution in [0.1, 0.15) is 29.0 Å². The van der Waals surface area contributed by atoms with Crippen LogP contribution in [0, 0.1) is 6.92 Å². The smallest absolute Gasteiger partial charge is 0.274 e. The van der Waals surface area contributed by atoms with E-state index in [-0.39, 0.29) is 23.9 Å². The zero-order valence-electron chi connectivity index (χ0n) is 13.6. The highest BCUT2D eigenvalue weighted by Gasteiger charge is 2.49. The quantitative estimate of drug-likeness (QED) is 0.804. The van der Waals surface area contributed by atoms with Crippen molar-refractivity contribution in [1.82, 2.24) is 24.6 Å². The summed E-state index contributed by atoms with van der Waals surface area (Å²) in [6, 6.07) is -0.114. The first-order valence-electron chi connectivity index (χ1n) is 7.95. The van der Waals surface area contributed by atoms with Crippen LogP contribution >= 0.6 is 0 Å². The molecule has 0 radical (unpaired) electrons. The number of carbonyl (C=O) groups is 2. The fraction of sp³-hybridized carbons (Fsp3) is 0.438. The Morgan fingerprint density at radius 2 is 2.04 bits per heavy atom. The maximum Gasteiger partial charge on any atom is 0.274 e. The van der Waals surface area contributed by atoms with E-state index in [2.05, 4.69) is 15.1 Å². The van der Waals surface area contributed by atoms with Gasteiger partial charge in [-0.05, 0) is 13.3 Å². The maximum absolute atomic E-state index is 12.7. The molecule has 2 aromatic rings. The highest BCUT2D eigenvalue weighted by atomic mass is 16.2. The summed E-state index contributed by atoms with van der Waals surface area (Å²) in [6.07, 6.45) is 7.70. The van der Waals surface area contributed by atoms with Crippen molar-refractivity contribution in [2.24, 2.45) is 7.05 Å². The van der Waals surface area contributed by atoms with Gasteiger partial charge in [0.2, 0.25) is 5.91 Å². The minimum atomic E-state index is -0.157. The number of likely N-dealkylation sites (tertiary alicyclic amines) is 1.